The molecular formula is C8H10N2O4. The fourth-order valence-corrected chi connectivity index (χ4v) is 1.16. The number of hydrogen-bond acceptors (Lipinski definition) is 5. The summed E-state index contributed by atoms with van der Waals surface area (Å²) in [6, 6.07) is 0. The van der Waals surface area contributed by atoms with Crippen molar-refractivity contribution < 1.29 is 18.7 Å². The molecule has 76 valence electrons. The molecule has 0 aliphatic heterocycles. The molecule has 0 radical (unpaired) electrons. The summed E-state index contributed by atoms with van der Waals surface area (Å²) in [4.78, 5) is 22.2. The van der Waals surface area contributed by atoms with Crippen LogP contribution in [0, 0.1) is 6.92 Å². The number of carbonyl (C=O) groups excluding carboxylic acids is 2. The molecule has 1 aromatic rings. The molecule has 0 saturated heterocycles. The number of primary amides is 1. The highest BCUT2D eigenvalue weighted by Gasteiger charge is 2.26. The van der Waals surface area contributed by atoms with Crippen molar-refractivity contribution in [2.75, 3.05) is 12.8 Å². The predicted octanol–water partition coefficient (Wildman–Crippen LogP) is 0.0557. The maximum absolute atomic E-state index is 11.2. The first-order chi connectivity index (χ1) is 6.49. The summed E-state index contributed by atoms with van der Waals surface area (Å²) in [5, 5.41) is 0. The van der Waals surface area contributed by atoms with Crippen LogP contribution in [0.15, 0.2) is 4.42 Å². The Bertz CT molecular complexity index is 394. The van der Waals surface area contributed by atoms with E-state index in [0.717, 1.165) is 0 Å². The van der Waals surface area contributed by atoms with Crippen LogP contribution in [0.2, 0.25) is 0 Å². The minimum Gasteiger partial charge on any atom is -0.465 e. The van der Waals surface area contributed by atoms with Crippen LogP contribution in [0.5, 0.6) is 0 Å². The zero-order valence-corrected chi connectivity index (χ0v) is 7.79. The quantitative estimate of drug-likeness (QED) is 0.653. The van der Waals surface area contributed by atoms with E-state index in [4.69, 9.17) is 15.9 Å². The maximum atomic E-state index is 11.2. The topological polar surface area (TPSA) is 109 Å². The molecule has 0 spiro atoms. The van der Waals surface area contributed by atoms with E-state index in [1.54, 1.807) is 0 Å². The van der Waals surface area contributed by atoms with Crippen LogP contribution >= 0.6 is 0 Å². The van der Waals surface area contributed by atoms with Gasteiger partial charge in [0.25, 0.3) is 5.91 Å². The second kappa shape index (κ2) is 3.41. The number of esters is 1. The van der Waals surface area contributed by atoms with Crippen LogP contribution in [-0.2, 0) is 4.74 Å². The van der Waals surface area contributed by atoms with Gasteiger partial charge in [0.1, 0.15) is 16.9 Å². The molecular weight excluding hydrogens is 188 g/mol. The minimum atomic E-state index is -0.820. The molecule has 0 unspecified atom stereocenters. The summed E-state index contributed by atoms with van der Waals surface area (Å²) in [5.41, 5.74) is 10.2. The van der Waals surface area contributed by atoms with Crippen molar-refractivity contribution in [1.82, 2.24) is 0 Å². The van der Waals surface area contributed by atoms with Crippen molar-refractivity contribution in [1.29, 1.82) is 0 Å². The average molecular weight is 198 g/mol. The Morgan fingerprint density at radius 2 is 1.93 bits per heavy atom. The number of hydrogen-bond donors (Lipinski definition) is 2. The first-order valence-corrected chi connectivity index (χ1v) is 3.76. The molecule has 0 atom stereocenters. The lowest BCUT2D eigenvalue weighted by atomic mass is 10.1. The minimum absolute atomic E-state index is 0.0162. The zero-order valence-electron chi connectivity index (χ0n) is 7.79. The summed E-state index contributed by atoms with van der Waals surface area (Å²) < 4.78 is 9.36. The number of nitrogens with two attached hydrogens (primary N) is 2. The molecule has 0 saturated carbocycles. The Labute approximate surface area is 79.8 Å². The molecule has 1 aromatic heterocycles. The largest absolute Gasteiger partial charge is 0.465 e. The van der Waals surface area contributed by atoms with Crippen LogP contribution in [0.1, 0.15) is 26.5 Å². The van der Waals surface area contributed by atoms with E-state index in [1.165, 1.54) is 14.0 Å². The third-order valence-corrected chi connectivity index (χ3v) is 1.75. The van der Waals surface area contributed by atoms with Crippen LogP contribution < -0.4 is 11.5 Å². The molecule has 6 heteroatoms. The number of nitrogen functional groups attached to an aromatic ring is 1. The van der Waals surface area contributed by atoms with E-state index in [-0.39, 0.29) is 22.8 Å². The molecule has 1 heterocycles. The number of amides is 1. The first kappa shape index (κ1) is 10.1. The third-order valence-electron chi connectivity index (χ3n) is 1.75. The number of carbonyl (C=O) groups is 2. The number of furan rings is 1. The maximum Gasteiger partial charge on any atom is 0.342 e. The Kier molecular flexibility index (Phi) is 2.46. The molecule has 1 rings (SSSR count). The molecule has 0 aliphatic rings. The van der Waals surface area contributed by atoms with Gasteiger partial charge >= 0.3 is 5.97 Å². The Morgan fingerprint density at radius 3 is 2.36 bits per heavy atom. The SMILES string of the molecule is COC(=O)c1c(C)oc(N)c1C(N)=O. The van der Waals surface area contributed by atoms with Gasteiger partial charge in [-0.05, 0) is 6.92 Å². The van der Waals surface area contributed by atoms with Crippen molar-refractivity contribution in [3.63, 3.8) is 0 Å². The summed E-state index contributed by atoms with van der Waals surface area (Å²) in [5.74, 6) is -1.48. The smallest absolute Gasteiger partial charge is 0.342 e. The van der Waals surface area contributed by atoms with Gasteiger partial charge in [0.2, 0.25) is 5.88 Å². The molecule has 0 bridgehead atoms. The lowest BCUT2D eigenvalue weighted by Gasteiger charge is -1.98. The lowest BCUT2D eigenvalue weighted by molar-refractivity contribution is 0.0595. The fraction of sp³-hybridized carbons (Fsp3) is 0.250. The number of methoxy groups -OCH3 is 1. The lowest BCUT2D eigenvalue weighted by Crippen LogP contribution is -2.17. The van der Waals surface area contributed by atoms with Crippen molar-refractivity contribution in [3.05, 3.63) is 16.9 Å². The first-order valence-electron chi connectivity index (χ1n) is 3.76. The molecule has 1 amide bonds. The highest BCUT2D eigenvalue weighted by molar-refractivity contribution is 6.08. The average Bonchev–Trinajstić information content (AvgIpc) is 2.39. The molecule has 0 aliphatic carbocycles. The van der Waals surface area contributed by atoms with Gasteiger partial charge in [-0.25, -0.2) is 4.79 Å². The van der Waals surface area contributed by atoms with Gasteiger partial charge in [0, 0.05) is 0 Å². The van der Waals surface area contributed by atoms with Crippen molar-refractivity contribution >= 4 is 17.8 Å². The van der Waals surface area contributed by atoms with Gasteiger partial charge in [0.15, 0.2) is 0 Å². The van der Waals surface area contributed by atoms with Crippen LogP contribution in [0.4, 0.5) is 5.88 Å². The second-order valence-corrected chi connectivity index (χ2v) is 2.63. The van der Waals surface area contributed by atoms with Crippen molar-refractivity contribution in [2.24, 2.45) is 5.73 Å². The highest BCUT2D eigenvalue weighted by atomic mass is 16.5. The molecule has 0 aromatic carbocycles. The van der Waals surface area contributed by atoms with Crippen molar-refractivity contribution in [2.45, 2.75) is 6.92 Å². The summed E-state index contributed by atoms with van der Waals surface area (Å²) in [6.45, 7) is 1.50. The van der Waals surface area contributed by atoms with E-state index in [9.17, 15) is 9.59 Å². The number of rotatable bonds is 2. The Morgan fingerprint density at radius 1 is 1.36 bits per heavy atom. The van der Waals surface area contributed by atoms with Crippen LogP contribution in [-0.4, -0.2) is 19.0 Å². The second-order valence-electron chi connectivity index (χ2n) is 2.63. The molecule has 4 N–H and O–H groups in total. The van der Waals surface area contributed by atoms with Gasteiger partial charge < -0.3 is 20.6 Å². The number of anilines is 1. The standard InChI is InChI=1S/C8H10N2O4/c1-3-4(8(12)13-2)5(6(9)11)7(10)14-3/h10H2,1-2H3,(H2,9,11). The van der Waals surface area contributed by atoms with Gasteiger partial charge in [-0.15, -0.1) is 0 Å². The van der Waals surface area contributed by atoms with E-state index < -0.39 is 11.9 Å². The van der Waals surface area contributed by atoms with Crippen molar-refractivity contribution in [3.8, 4) is 0 Å². The van der Waals surface area contributed by atoms with E-state index in [0.29, 0.717) is 0 Å². The number of ether oxygens (including phenoxy) is 1. The van der Waals surface area contributed by atoms with Crippen LogP contribution in [0.3, 0.4) is 0 Å². The highest BCUT2D eigenvalue weighted by Crippen LogP contribution is 2.24. The molecule has 0 fully saturated rings. The van der Waals surface area contributed by atoms with Crippen LogP contribution in [0.25, 0.3) is 0 Å². The van der Waals surface area contributed by atoms with Gasteiger partial charge in [0.05, 0.1) is 7.11 Å². The van der Waals surface area contributed by atoms with E-state index in [2.05, 4.69) is 4.74 Å². The number of aryl methyl sites for hydroxylation is 1. The van der Waals surface area contributed by atoms with E-state index >= 15 is 0 Å². The zero-order chi connectivity index (χ0) is 10.9. The third kappa shape index (κ3) is 1.41. The monoisotopic (exact) mass is 198 g/mol. The molecule has 14 heavy (non-hydrogen) atoms. The van der Waals surface area contributed by atoms with Gasteiger partial charge in [-0.2, -0.15) is 0 Å². The summed E-state index contributed by atoms with van der Waals surface area (Å²) in [6.07, 6.45) is 0. The molecule has 6 nitrogen and oxygen atoms in total. The van der Waals surface area contributed by atoms with Gasteiger partial charge in [-0.3, -0.25) is 4.79 Å². The van der Waals surface area contributed by atoms with E-state index in [1.807, 2.05) is 0 Å². The van der Waals surface area contributed by atoms with Gasteiger partial charge in [-0.1, -0.05) is 0 Å². The summed E-state index contributed by atoms with van der Waals surface area (Å²) in [7, 11) is 1.19. The Hall–Kier alpha value is -1.98. The predicted molar refractivity (Wildman–Crippen MR) is 47.7 cm³/mol. The Balaban J connectivity index is 3.39. The normalized spacial score (nSPS) is 9.86. The summed E-state index contributed by atoms with van der Waals surface area (Å²) >= 11 is 0. The fourth-order valence-electron chi connectivity index (χ4n) is 1.16.